The Kier molecular flexibility index (Phi) is 9.56. The zero-order chi connectivity index (χ0) is 26.8. The number of nitrogens with zero attached hydrogens (tertiary/aromatic N) is 1. The first kappa shape index (κ1) is 29.4. The van der Waals surface area contributed by atoms with Crippen LogP contribution in [-0.2, 0) is 25.3 Å². The Balaban J connectivity index is 1.89. The van der Waals surface area contributed by atoms with Crippen LogP contribution in [-0.4, -0.2) is 58.0 Å². The zero-order valence-electron chi connectivity index (χ0n) is 21.9. The van der Waals surface area contributed by atoms with Crippen molar-refractivity contribution in [3.8, 4) is 5.75 Å². The molecule has 10 heteroatoms. The molecular weight excluding hydrogens is 523 g/mol. The average molecular weight is 562 g/mol. The maximum absolute atomic E-state index is 13.3. The highest BCUT2D eigenvalue weighted by Crippen LogP contribution is 2.42. The quantitative estimate of drug-likeness (QED) is 0.437. The second-order valence-corrected chi connectivity index (χ2v) is 13.7. The lowest BCUT2D eigenvalue weighted by atomic mass is 9.78. The molecule has 1 N–H and O–H groups in total. The molecule has 36 heavy (non-hydrogen) atoms. The van der Waals surface area contributed by atoms with Gasteiger partial charge in [0.25, 0.3) is 5.91 Å². The van der Waals surface area contributed by atoms with Gasteiger partial charge in [0.1, 0.15) is 12.4 Å². The van der Waals surface area contributed by atoms with Crippen molar-refractivity contribution < 1.29 is 23.2 Å². The molecule has 202 valence electrons. The van der Waals surface area contributed by atoms with E-state index in [0.717, 1.165) is 5.56 Å². The Morgan fingerprint density at radius 1 is 1.36 bits per heavy atom. The third-order valence-electron chi connectivity index (χ3n) is 6.53. The fraction of sp³-hybridized carbons (Fsp3) is 0.654. The van der Waals surface area contributed by atoms with Crippen LogP contribution in [0.4, 0.5) is 0 Å². The standard InChI is InChI=1S/C26H38Cl2N2O5S/c1-8-11-33-21-13-20(28)19(27)12-18(21)23(29-36(32)25(3,4)5)17-9-10-30(14-16(17)2)24(31)22-15-34-26(6,7)35-22/h8,12-13,16-17,22-23,29H,1,9-11,14-15H2,2-7H3/t16?,17?,22-,23-,36+/m1/s1. The molecule has 1 amide bonds. The van der Waals surface area contributed by atoms with E-state index in [1.807, 2.05) is 39.5 Å². The molecule has 3 rings (SSSR count). The van der Waals surface area contributed by atoms with Gasteiger partial charge in [-0.05, 0) is 58.9 Å². The van der Waals surface area contributed by atoms with Crippen molar-refractivity contribution in [2.75, 3.05) is 26.3 Å². The number of nitrogens with one attached hydrogen (secondary N) is 1. The Morgan fingerprint density at radius 2 is 2.03 bits per heavy atom. The first-order chi connectivity index (χ1) is 16.7. The van der Waals surface area contributed by atoms with Gasteiger partial charge in [-0.15, -0.1) is 0 Å². The van der Waals surface area contributed by atoms with Crippen molar-refractivity contribution in [3.63, 3.8) is 0 Å². The summed E-state index contributed by atoms with van der Waals surface area (Å²) in [5.41, 5.74) is 0.787. The van der Waals surface area contributed by atoms with E-state index >= 15 is 0 Å². The van der Waals surface area contributed by atoms with E-state index in [1.165, 1.54) is 0 Å². The number of likely N-dealkylation sites (tertiary alicyclic amines) is 1. The molecule has 1 aromatic rings. The first-order valence-corrected chi connectivity index (χ1v) is 14.2. The third kappa shape index (κ3) is 7.03. The van der Waals surface area contributed by atoms with Crippen molar-refractivity contribution in [3.05, 3.63) is 40.4 Å². The van der Waals surface area contributed by atoms with E-state index in [0.29, 0.717) is 41.9 Å². The zero-order valence-corrected chi connectivity index (χ0v) is 24.3. The summed E-state index contributed by atoms with van der Waals surface area (Å²) in [5.74, 6) is -0.100. The van der Waals surface area contributed by atoms with Crippen LogP contribution in [0.15, 0.2) is 24.8 Å². The maximum atomic E-state index is 13.3. The van der Waals surface area contributed by atoms with E-state index in [1.54, 1.807) is 18.2 Å². The van der Waals surface area contributed by atoms with Crippen LogP contribution < -0.4 is 9.46 Å². The number of hydrogen-bond donors (Lipinski definition) is 1. The molecule has 2 saturated heterocycles. The summed E-state index contributed by atoms with van der Waals surface area (Å²) in [5, 5.41) is 0.776. The second-order valence-electron chi connectivity index (χ2n) is 10.9. The summed E-state index contributed by atoms with van der Waals surface area (Å²) in [7, 11) is -1.36. The smallest absolute Gasteiger partial charge is 0.254 e. The predicted molar refractivity (Wildman–Crippen MR) is 145 cm³/mol. The summed E-state index contributed by atoms with van der Waals surface area (Å²) in [6.45, 7) is 16.9. The lowest BCUT2D eigenvalue weighted by Crippen LogP contribution is -2.50. The summed E-state index contributed by atoms with van der Waals surface area (Å²) >= 11 is 12.8. The minimum atomic E-state index is -1.36. The van der Waals surface area contributed by atoms with Gasteiger partial charge in [-0.2, -0.15) is 0 Å². The number of piperidine rings is 1. The van der Waals surface area contributed by atoms with Crippen molar-refractivity contribution in [2.45, 2.75) is 70.6 Å². The number of carbonyl (C=O) groups excluding carboxylic acids is 1. The van der Waals surface area contributed by atoms with Gasteiger partial charge in [0.05, 0.1) is 38.4 Å². The number of amides is 1. The molecule has 0 aromatic heterocycles. The molecule has 0 saturated carbocycles. The SMILES string of the molecule is C=CCOc1cc(Cl)c(Cl)cc1[C@H](N[S@@](=O)C(C)(C)C)C1CCN(C(=O)[C@H]2COC(C)(C)O2)CC1C. The monoisotopic (exact) mass is 560 g/mol. The van der Waals surface area contributed by atoms with Crippen molar-refractivity contribution in [2.24, 2.45) is 11.8 Å². The molecule has 7 nitrogen and oxygen atoms in total. The van der Waals surface area contributed by atoms with E-state index in [-0.39, 0.29) is 30.4 Å². The molecule has 2 aliphatic heterocycles. The largest absolute Gasteiger partial charge is 0.489 e. The number of rotatable bonds is 8. The molecule has 2 fully saturated rings. The van der Waals surface area contributed by atoms with E-state index in [9.17, 15) is 9.00 Å². The highest BCUT2D eigenvalue weighted by atomic mass is 35.5. The van der Waals surface area contributed by atoms with Crippen molar-refractivity contribution >= 4 is 40.1 Å². The van der Waals surface area contributed by atoms with Crippen molar-refractivity contribution in [1.82, 2.24) is 9.62 Å². The molecule has 0 bridgehead atoms. The van der Waals surface area contributed by atoms with Crippen LogP contribution in [0.5, 0.6) is 5.75 Å². The average Bonchev–Trinajstić information content (AvgIpc) is 3.16. The molecule has 0 radical (unpaired) electrons. The maximum Gasteiger partial charge on any atom is 0.254 e. The molecule has 5 atom stereocenters. The van der Waals surface area contributed by atoms with Gasteiger partial charge in [0, 0.05) is 24.7 Å². The third-order valence-corrected chi connectivity index (χ3v) is 8.83. The molecule has 0 spiro atoms. The van der Waals surface area contributed by atoms with Gasteiger partial charge < -0.3 is 19.1 Å². The summed E-state index contributed by atoms with van der Waals surface area (Å²) in [6, 6.07) is 3.15. The minimum absolute atomic E-state index is 0.0564. The minimum Gasteiger partial charge on any atom is -0.489 e. The lowest BCUT2D eigenvalue weighted by molar-refractivity contribution is -0.162. The van der Waals surface area contributed by atoms with Crippen LogP contribution >= 0.6 is 23.2 Å². The van der Waals surface area contributed by atoms with E-state index in [4.69, 9.17) is 37.4 Å². The second kappa shape index (κ2) is 11.7. The number of carbonyl (C=O) groups is 1. The van der Waals surface area contributed by atoms with Gasteiger partial charge in [0.15, 0.2) is 11.9 Å². The Labute approximate surface area is 227 Å². The van der Waals surface area contributed by atoms with Crippen LogP contribution in [0.3, 0.4) is 0 Å². The highest BCUT2D eigenvalue weighted by Gasteiger charge is 2.42. The fourth-order valence-corrected chi connectivity index (χ4v) is 5.82. The van der Waals surface area contributed by atoms with Gasteiger partial charge in [-0.3, -0.25) is 4.79 Å². The summed E-state index contributed by atoms with van der Waals surface area (Å²) < 4.78 is 33.5. The van der Waals surface area contributed by atoms with Gasteiger partial charge in [-0.1, -0.05) is 42.8 Å². The normalized spacial score (nSPS) is 25.9. The van der Waals surface area contributed by atoms with Gasteiger partial charge >= 0.3 is 0 Å². The fourth-order valence-electron chi connectivity index (χ4n) is 4.61. The first-order valence-electron chi connectivity index (χ1n) is 12.2. The molecule has 1 aromatic carbocycles. The highest BCUT2D eigenvalue weighted by molar-refractivity contribution is 7.84. The summed E-state index contributed by atoms with van der Waals surface area (Å²) in [4.78, 5) is 15.0. The molecular formula is C26H38Cl2N2O5S. The number of halogens is 2. The topological polar surface area (TPSA) is 77.1 Å². The van der Waals surface area contributed by atoms with Crippen molar-refractivity contribution in [1.29, 1.82) is 0 Å². The number of benzene rings is 1. The van der Waals surface area contributed by atoms with Crippen LogP contribution in [0.1, 0.15) is 59.6 Å². The Bertz CT molecular complexity index is 997. The predicted octanol–water partition coefficient (Wildman–Crippen LogP) is 5.29. The van der Waals surface area contributed by atoms with Crippen LogP contribution in [0.2, 0.25) is 10.0 Å². The van der Waals surface area contributed by atoms with E-state index < -0.39 is 27.6 Å². The molecule has 0 aliphatic carbocycles. The van der Waals surface area contributed by atoms with Crippen LogP contribution in [0, 0.1) is 11.8 Å². The van der Waals surface area contributed by atoms with Gasteiger partial charge in [0.2, 0.25) is 0 Å². The molecule has 2 aliphatic rings. The number of hydrogen-bond acceptors (Lipinski definition) is 5. The van der Waals surface area contributed by atoms with E-state index in [2.05, 4.69) is 18.2 Å². The molecule has 2 unspecified atom stereocenters. The number of ether oxygens (including phenoxy) is 3. The summed E-state index contributed by atoms with van der Waals surface area (Å²) in [6.07, 6.45) is 1.76. The Hall–Kier alpha value is -1.16. The van der Waals surface area contributed by atoms with Crippen LogP contribution in [0.25, 0.3) is 0 Å². The molecule has 2 heterocycles. The Morgan fingerprint density at radius 3 is 2.58 bits per heavy atom. The van der Waals surface area contributed by atoms with Gasteiger partial charge in [-0.25, -0.2) is 8.93 Å². The lowest BCUT2D eigenvalue weighted by Gasteiger charge is -2.42.